The van der Waals surface area contributed by atoms with Crippen LogP contribution < -0.4 is 5.32 Å². The third-order valence-corrected chi connectivity index (χ3v) is 5.55. The highest BCUT2D eigenvalue weighted by Crippen LogP contribution is 2.23. The van der Waals surface area contributed by atoms with Gasteiger partial charge < -0.3 is 10.2 Å². The highest BCUT2D eigenvalue weighted by Gasteiger charge is 2.23. The SMILES string of the molecule is CNC1CCCN(C(=O)c2ccc(SCc3ccccc3)cc2)C1. The zero-order valence-electron chi connectivity index (χ0n) is 14.1. The number of likely N-dealkylation sites (tertiary alicyclic amines) is 1. The Morgan fingerprint density at radius 3 is 2.62 bits per heavy atom. The Bertz CT molecular complexity index is 657. The molecule has 0 saturated carbocycles. The molecule has 1 N–H and O–H groups in total. The van der Waals surface area contributed by atoms with Crippen molar-refractivity contribution in [3.63, 3.8) is 0 Å². The van der Waals surface area contributed by atoms with Crippen molar-refractivity contribution >= 4 is 17.7 Å². The van der Waals surface area contributed by atoms with E-state index < -0.39 is 0 Å². The quantitative estimate of drug-likeness (QED) is 0.840. The van der Waals surface area contributed by atoms with Gasteiger partial charge >= 0.3 is 0 Å². The van der Waals surface area contributed by atoms with E-state index >= 15 is 0 Å². The van der Waals surface area contributed by atoms with Crippen LogP contribution in [0, 0.1) is 0 Å². The molecular weight excluding hydrogens is 316 g/mol. The molecule has 126 valence electrons. The second kappa shape index (κ2) is 8.36. The van der Waals surface area contributed by atoms with Crippen molar-refractivity contribution in [2.45, 2.75) is 29.5 Å². The van der Waals surface area contributed by atoms with Gasteiger partial charge in [-0.1, -0.05) is 30.3 Å². The van der Waals surface area contributed by atoms with Gasteiger partial charge in [0.1, 0.15) is 0 Å². The lowest BCUT2D eigenvalue weighted by molar-refractivity contribution is 0.0698. The van der Waals surface area contributed by atoms with Crippen molar-refractivity contribution in [3.8, 4) is 0 Å². The molecule has 1 heterocycles. The molecule has 0 radical (unpaired) electrons. The highest BCUT2D eigenvalue weighted by atomic mass is 32.2. The molecule has 1 aliphatic rings. The number of benzene rings is 2. The first-order chi connectivity index (χ1) is 11.8. The molecule has 0 spiro atoms. The van der Waals surface area contributed by atoms with Crippen molar-refractivity contribution in [1.29, 1.82) is 0 Å². The predicted octanol–water partition coefficient (Wildman–Crippen LogP) is 3.80. The number of nitrogens with zero attached hydrogens (tertiary/aromatic N) is 1. The van der Waals surface area contributed by atoms with Gasteiger partial charge in [-0.3, -0.25) is 4.79 Å². The van der Waals surface area contributed by atoms with Crippen LogP contribution in [0.15, 0.2) is 59.5 Å². The Kier molecular flexibility index (Phi) is 5.94. The summed E-state index contributed by atoms with van der Waals surface area (Å²) in [4.78, 5) is 15.8. The van der Waals surface area contributed by atoms with Gasteiger partial charge in [-0.05, 0) is 49.7 Å². The lowest BCUT2D eigenvalue weighted by Gasteiger charge is -2.32. The maximum atomic E-state index is 12.6. The molecule has 1 atom stereocenters. The van der Waals surface area contributed by atoms with Gasteiger partial charge in [0, 0.05) is 35.3 Å². The van der Waals surface area contributed by atoms with Gasteiger partial charge in [0.25, 0.3) is 5.91 Å². The van der Waals surface area contributed by atoms with Crippen LogP contribution in [-0.4, -0.2) is 37.0 Å². The van der Waals surface area contributed by atoms with Crippen LogP contribution in [0.1, 0.15) is 28.8 Å². The van der Waals surface area contributed by atoms with Gasteiger partial charge in [0.15, 0.2) is 0 Å². The fourth-order valence-corrected chi connectivity index (χ4v) is 3.87. The highest BCUT2D eigenvalue weighted by molar-refractivity contribution is 7.98. The molecule has 0 aromatic heterocycles. The summed E-state index contributed by atoms with van der Waals surface area (Å²) in [6.07, 6.45) is 2.22. The Balaban J connectivity index is 1.58. The maximum Gasteiger partial charge on any atom is 0.253 e. The number of hydrogen-bond acceptors (Lipinski definition) is 3. The average Bonchev–Trinajstić information content (AvgIpc) is 2.67. The molecule has 1 unspecified atom stereocenters. The minimum absolute atomic E-state index is 0.148. The molecule has 0 aliphatic carbocycles. The topological polar surface area (TPSA) is 32.3 Å². The molecule has 4 heteroatoms. The van der Waals surface area contributed by atoms with Crippen molar-refractivity contribution in [2.75, 3.05) is 20.1 Å². The fourth-order valence-electron chi connectivity index (χ4n) is 3.01. The van der Waals surface area contributed by atoms with Gasteiger partial charge in [-0.2, -0.15) is 0 Å². The first kappa shape index (κ1) is 17.1. The summed E-state index contributed by atoms with van der Waals surface area (Å²) in [7, 11) is 1.97. The van der Waals surface area contributed by atoms with E-state index in [1.54, 1.807) is 11.8 Å². The van der Waals surface area contributed by atoms with E-state index in [4.69, 9.17) is 0 Å². The number of rotatable bonds is 5. The number of likely N-dealkylation sites (N-methyl/N-ethyl adjacent to an activating group) is 1. The van der Waals surface area contributed by atoms with E-state index in [1.807, 2.05) is 30.1 Å². The molecule has 1 fully saturated rings. The molecule has 2 aromatic rings. The Morgan fingerprint density at radius 1 is 1.17 bits per heavy atom. The standard InChI is InChI=1S/C20H24N2OS/c1-21-18-8-5-13-22(14-18)20(23)17-9-11-19(12-10-17)24-15-16-6-3-2-4-7-16/h2-4,6-7,9-12,18,21H,5,8,13-15H2,1H3. The summed E-state index contributed by atoms with van der Waals surface area (Å²) in [5.41, 5.74) is 2.10. The maximum absolute atomic E-state index is 12.6. The number of nitrogens with one attached hydrogen (secondary N) is 1. The van der Waals surface area contributed by atoms with E-state index in [0.29, 0.717) is 6.04 Å². The third kappa shape index (κ3) is 4.40. The summed E-state index contributed by atoms with van der Waals surface area (Å²) in [5, 5.41) is 3.28. The van der Waals surface area contributed by atoms with Crippen molar-refractivity contribution in [2.24, 2.45) is 0 Å². The van der Waals surface area contributed by atoms with Crippen molar-refractivity contribution in [1.82, 2.24) is 10.2 Å². The molecule has 24 heavy (non-hydrogen) atoms. The number of carbonyl (C=O) groups excluding carboxylic acids is 1. The molecule has 3 nitrogen and oxygen atoms in total. The molecule has 2 aromatic carbocycles. The van der Waals surface area contributed by atoms with E-state index in [1.165, 1.54) is 10.5 Å². The number of carbonyl (C=O) groups is 1. The third-order valence-electron chi connectivity index (χ3n) is 4.47. The second-order valence-electron chi connectivity index (χ2n) is 6.18. The zero-order chi connectivity index (χ0) is 16.8. The predicted molar refractivity (Wildman–Crippen MR) is 100 cm³/mol. The summed E-state index contributed by atoms with van der Waals surface area (Å²) in [6, 6.07) is 18.9. The Labute approximate surface area is 148 Å². The number of amides is 1. The molecule has 0 bridgehead atoms. The minimum atomic E-state index is 0.148. The van der Waals surface area contributed by atoms with Gasteiger partial charge in [-0.25, -0.2) is 0 Å². The largest absolute Gasteiger partial charge is 0.337 e. The van der Waals surface area contributed by atoms with Crippen LogP contribution in [0.3, 0.4) is 0 Å². The summed E-state index contributed by atoms with van der Waals surface area (Å²) in [6.45, 7) is 1.67. The van der Waals surface area contributed by atoms with Crippen LogP contribution in [0.2, 0.25) is 0 Å². The van der Waals surface area contributed by atoms with Gasteiger partial charge in [0.2, 0.25) is 0 Å². The minimum Gasteiger partial charge on any atom is -0.337 e. The van der Waals surface area contributed by atoms with Crippen LogP contribution in [0.25, 0.3) is 0 Å². The Morgan fingerprint density at radius 2 is 1.92 bits per heavy atom. The number of thioether (sulfide) groups is 1. The summed E-state index contributed by atoms with van der Waals surface area (Å²) >= 11 is 1.80. The van der Waals surface area contributed by atoms with Crippen LogP contribution >= 0.6 is 11.8 Å². The molecule has 1 saturated heterocycles. The smallest absolute Gasteiger partial charge is 0.253 e. The monoisotopic (exact) mass is 340 g/mol. The fraction of sp³-hybridized carbons (Fsp3) is 0.350. The summed E-state index contributed by atoms with van der Waals surface area (Å²) < 4.78 is 0. The molecule has 1 aliphatic heterocycles. The van der Waals surface area contributed by atoms with E-state index in [2.05, 4.69) is 41.7 Å². The van der Waals surface area contributed by atoms with E-state index in [9.17, 15) is 4.79 Å². The molecular formula is C20H24N2OS. The van der Waals surface area contributed by atoms with E-state index in [0.717, 1.165) is 37.2 Å². The van der Waals surface area contributed by atoms with Crippen molar-refractivity contribution < 1.29 is 4.79 Å². The average molecular weight is 340 g/mol. The number of hydrogen-bond donors (Lipinski definition) is 1. The Hall–Kier alpha value is -1.78. The molecule has 1 amide bonds. The second-order valence-corrected chi connectivity index (χ2v) is 7.23. The first-order valence-corrected chi connectivity index (χ1v) is 9.48. The normalized spacial score (nSPS) is 17.7. The first-order valence-electron chi connectivity index (χ1n) is 8.49. The van der Waals surface area contributed by atoms with Crippen LogP contribution in [0.4, 0.5) is 0 Å². The summed E-state index contributed by atoms with van der Waals surface area (Å²) in [5.74, 6) is 1.10. The van der Waals surface area contributed by atoms with E-state index in [-0.39, 0.29) is 5.91 Å². The van der Waals surface area contributed by atoms with Crippen LogP contribution in [0.5, 0.6) is 0 Å². The zero-order valence-corrected chi connectivity index (χ0v) is 14.9. The van der Waals surface area contributed by atoms with Crippen molar-refractivity contribution in [3.05, 3.63) is 65.7 Å². The van der Waals surface area contributed by atoms with Gasteiger partial charge in [-0.15, -0.1) is 11.8 Å². The number of piperidine rings is 1. The van der Waals surface area contributed by atoms with Crippen LogP contribution in [-0.2, 0) is 5.75 Å². The molecule has 3 rings (SSSR count). The lowest BCUT2D eigenvalue weighted by atomic mass is 10.0. The van der Waals surface area contributed by atoms with Gasteiger partial charge in [0.05, 0.1) is 0 Å². The lowest BCUT2D eigenvalue weighted by Crippen LogP contribution is -2.46.